The normalized spacial score (nSPS) is 21.0. The Hall–Kier alpha value is -2.50. The first-order valence-corrected chi connectivity index (χ1v) is 11.0. The van der Waals surface area contributed by atoms with Crippen LogP contribution in [-0.2, 0) is 0 Å². The largest absolute Gasteiger partial charge is 0.493 e. The molecular weight excluding hydrogens is 378 g/mol. The zero-order valence-electron chi connectivity index (χ0n) is 18.7. The van der Waals surface area contributed by atoms with E-state index in [9.17, 15) is 4.79 Å². The van der Waals surface area contributed by atoms with Gasteiger partial charge in [-0.15, -0.1) is 0 Å². The van der Waals surface area contributed by atoms with Crippen LogP contribution in [0.1, 0.15) is 63.9 Å². The fraction of sp³-hybridized carbons (Fsp3) is 0.583. The Bertz CT molecular complexity index is 797. The highest BCUT2D eigenvalue weighted by molar-refractivity contribution is 5.84. The number of carbonyl (C=O) groups is 1. The number of nitrogens with one attached hydrogen (secondary N) is 1. The molecule has 1 aromatic carbocycles. The maximum atomic E-state index is 12.5. The van der Waals surface area contributed by atoms with Crippen molar-refractivity contribution in [2.24, 2.45) is 4.99 Å². The first-order valence-electron chi connectivity index (χ1n) is 11.0. The van der Waals surface area contributed by atoms with E-state index in [1.54, 1.807) is 19.1 Å². The van der Waals surface area contributed by atoms with E-state index >= 15 is 0 Å². The van der Waals surface area contributed by atoms with Crippen molar-refractivity contribution in [3.63, 3.8) is 0 Å². The van der Waals surface area contributed by atoms with Gasteiger partial charge >= 0.3 is 6.03 Å². The van der Waals surface area contributed by atoms with Gasteiger partial charge in [0, 0.05) is 44.4 Å². The number of hydrogen-bond donors (Lipinski definition) is 1. The Balaban J connectivity index is 1.77. The third-order valence-corrected chi connectivity index (χ3v) is 6.09. The minimum atomic E-state index is -0.0424. The quantitative estimate of drug-likeness (QED) is 0.617. The molecule has 1 N–H and O–H groups in total. The smallest absolute Gasteiger partial charge is 0.321 e. The summed E-state index contributed by atoms with van der Waals surface area (Å²) in [6.45, 7) is 5.40. The minimum absolute atomic E-state index is 0.0424. The van der Waals surface area contributed by atoms with Crippen LogP contribution in [0, 0.1) is 0 Å². The van der Waals surface area contributed by atoms with E-state index in [1.807, 2.05) is 19.2 Å². The molecule has 2 amide bonds. The predicted molar refractivity (Wildman–Crippen MR) is 121 cm³/mol. The van der Waals surface area contributed by atoms with Gasteiger partial charge < -0.3 is 19.7 Å². The number of allylic oxidation sites excluding steroid dienone is 1. The Kier molecular flexibility index (Phi) is 7.77. The Morgan fingerprint density at radius 3 is 2.73 bits per heavy atom. The van der Waals surface area contributed by atoms with E-state index < -0.39 is 0 Å². The van der Waals surface area contributed by atoms with Crippen LogP contribution in [0.5, 0.6) is 11.5 Å². The lowest BCUT2D eigenvalue weighted by Gasteiger charge is -2.32. The fourth-order valence-electron chi connectivity index (χ4n) is 4.15. The molecule has 3 rings (SSSR count). The van der Waals surface area contributed by atoms with Crippen molar-refractivity contribution in [3.8, 4) is 11.5 Å². The Labute approximate surface area is 180 Å². The van der Waals surface area contributed by atoms with Crippen LogP contribution in [0.15, 0.2) is 35.0 Å². The van der Waals surface area contributed by atoms with E-state index in [4.69, 9.17) is 9.47 Å². The summed E-state index contributed by atoms with van der Waals surface area (Å²) in [6, 6.07) is 6.11. The molecule has 1 atom stereocenters. The summed E-state index contributed by atoms with van der Waals surface area (Å²) < 4.78 is 11.8. The van der Waals surface area contributed by atoms with Crippen LogP contribution >= 0.6 is 0 Å². The van der Waals surface area contributed by atoms with Gasteiger partial charge in [0.1, 0.15) is 0 Å². The van der Waals surface area contributed by atoms with Gasteiger partial charge in [0.05, 0.1) is 13.2 Å². The third kappa shape index (κ3) is 5.55. The highest BCUT2D eigenvalue weighted by atomic mass is 16.5. The van der Waals surface area contributed by atoms with Crippen molar-refractivity contribution >= 4 is 11.7 Å². The molecule has 6 nitrogen and oxygen atoms in total. The SMILES string of the molecule is CC/C(=C\N1CC(c2ccc(OC)c(OC3CCCC3)c2)CNC1=O)CC(C)=NC. The predicted octanol–water partition coefficient (Wildman–Crippen LogP) is 4.90. The average molecular weight is 414 g/mol. The summed E-state index contributed by atoms with van der Waals surface area (Å²) in [5.74, 6) is 1.77. The van der Waals surface area contributed by atoms with Gasteiger partial charge in [-0.25, -0.2) is 4.79 Å². The van der Waals surface area contributed by atoms with Crippen molar-refractivity contribution < 1.29 is 14.3 Å². The average Bonchev–Trinajstić information content (AvgIpc) is 3.27. The molecule has 1 aliphatic heterocycles. The van der Waals surface area contributed by atoms with E-state index in [0.717, 1.165) is 48.5 Å². The second-order valence-electron chi connectivity index (χ2n) is 8.25. The van der Waals surface area contributed by atoms with Crippen LogP contribution in [0.25, 0.3) is 0 Å². The van der Waals surface area contributed by atoms with Gasteiger partial charge in [-0.05, 0) is 62.3 Å². The second kappa shape index (κ2) is 10.5. The van der Waals surface area contributed by atoms with Gasteiger partial charge in [0.25, 0.3) is 0 Å². The number of hydrogen-bond acceptors (Lipinski definition) is 4. The van der Waals surface area contributed by atoms with Gasteiger partial charge in [0.2, 0.25) is 0 Å². The molecule has 2 fully saturated rings. The number of benzene rings is 1. The molecule has 2 aliphatic rings. The first kappa shape index (κ1) is 22.2. The van der Waals surface area contributed by atoms with E-state index in [2.05, 4.69) is 29.4 Å². The van der Waals surface area contributed by atoms with Crippen LogP contribution < -0.4 is 14.8 Å². The van der Waals surface area contributed by atoms with Gasteiger partial charge in [0.15, 0.2) is 11.5 Å². The molecule has 0 bridgehead atoms. The molecule has 0 radical (unpaired) electrons. The molecule has 164 valence electrons. The number of carbonyl (C=O) groups excluding carboxylic acids is 1. The first-order chi connectivity index (χ1) is 14.5. The fourth-order valence-corrected chi connectivity index (χ4v) is 4.15. The number of nitrogens with zero attached hydrogens (tertiary/aromatic N) is 2. The Morgan fingerprint density at radius 2 is 2.07 bits per heavy atom. The number of rotatable bonds is 8. The minimum Gasteiger partial charge on any atom is -0.493 e. The molecule has 1 aromatic rings. The maximum Gasteiger partial charge on any atom is 0.321 e. The monoisotopic (exact) mass is 413 g/mol. The number of amides is 2. The topological polar surface area (TPSA) is 63.2 Å². The maximum absolute atomic E-state index is 12.5. The van der Waals surface area contributed by atoms with E-state index in [-0.39, 0.29) is 18.1 Å². The molecule has 1 saturated heterocycles. The van der Waals surface area contributed by atoms with Crippen LogP contribution in [0.2, 0.25) is 0 Å². The van der Waals surface area contributed by atoms with Crippen molar-refractivity contribution in [1.82, 2.24) is 10.2 Å². The summed E-state index contributed by atoms with van der Waals surface area (Å²) in [7, 11) is 3.49. The lowest BCUT2D eigenvalue weighted by molar-refractivity contribution is 0.197. The zero-order chi connectivity index (χ0) is 21.5. The highest BCUT2D eigenvalue weighted by Gasteiger charge is 2.27. The zero-order valence-corrected chi connectivity index (χ0v) is 18.7. The number of methoxy groups -OCH3 is 1. The summed E-state index contributed by atoms with van der Waals surface area (Å²) in [5.41, 5.74) is 3.43. The highest BCUT2D eigenvalue weighted by Crippen LogP contribution is 2.35. The van der Waals surface area contributed by atoms with Gasteiger partial charge in [-0.2, -0.15) is 0 Å². The molecule has 0 aromatic heterocycles. The molecule has 1 aliphatic carbocycles. The van der Waals surface area contributed by atoms with E-state index in [1.165, 1.54) is 18.4 Å². The van der Waals surface area contributed by atoms with E-state index in [0.29, 0.717) is 13.1 Å². The summed E-state index contributed by atoms with van der Waals surface area (Å²) in [6.07, 6.45) is 8.62. The van der Waals surface area contributed by atoms with Crippen LogP contribution in [0.4, 0.5) is 4.79 Å². The second-order valence-corrected chi connectivity index (χ2v) is 8.25. The number of ether oxygens (including phenoxy) is 2. The van der Waals surface area contributed by atoms with Crippen molar-refractivity contribution in [3.05, 3.63) is 35.5 Å². The molecule has 1 saturated carbocycles. The third-order valence-electron chi connectivity index (χ3n) is 6.09. The molecule has 30 heavy (non-hydrogen) atoms. The van der Waals surface area contributed by atoms with Crippen molar-refractivity contribution in [2.75, 3.05) is 27.2 Å². The van der Waals surface area contributed by atoms with Crippen molar-refractivity contribution in [2.45, 2.75) is 64.4 Å². The van der Waals surface area contributed by atoms with Gasteiger partial charge in [-0.1, -0.05) is 13.0 Å². The molecular formula is C24H35N3O3. The lowest BCUT2D eigenvalue weighted by atomic mass is 9.96. The standard InChI is InChI=1S/C24H35N3O3/c1-5-18(12-17(2)25-3)15-27-16-20(14-26-24(27)28)19-10-11-22(29-4)23(13-19)30-21-8-6-7-9-21/h10-11,13,15,20-21H,5-9,12,14,16H2,1-4H3,(H,26,28)/b18-15+,25-17?. The molecule has 0 spiro atoms. The number of aliphatic imine (C=N–C) groups is 1. The molecule has 1 unspecified atom stereocenters. The van der Waals surface area contributed by atoms with Crippen LogP contribution in [0.3, 0.4) is 0 Å². The van der Waals surface area contributed by atoms with Crippen molar-refractivity contribution in [1.29, 1.82) is 0 Å². The number of urea groups is 1. The summed E-state index contributed by atoms with van der Waals surface area (Å²) in [5, 5.41) is 3.04. The molecule has 1 heterocycles. The van der Waals surface area contributed by atoms with Gasteiger partial charge in [-0.3, -0.25) is 4.99 Å². The Morgan fingerprint density at radius 1 is 1.30 bits per heavy atom. The lowest BCUT2D eigenvalue weighted by Crippen LogP contribution is -2.47. The van der Waals surface area contributed by atoms with Crippen LogP contribution in [-0.4, -0.2) is 50.0 Å². The molecule has 6 heteroatoms. The summed E-state index contributed by atoms with van der Waals surface area (Å²) in [4.78, 5) is 18.5. The summed E-state index contributed by atoms with van der Waals surface area (Å²) >= 11 is 0.